The topological polar surface area (TPSA) is 68.7 Å². The lowest BCUT2D eigenvalue weighted by Crippen LogP contribution is -2.17. The average molecular weight is 402 g/mol. The van der Waals surface area contributed by atoms with Gasteiger partial charge in [0, 0.05) is 12.3 Å². The second kappa shape index (κ2) is 6.90. The number of hydrogen-bond acceptors (Lipinski definition) is 4. The van der Waals surface area contributed by atoms with Crippen molar-refractivity contribution in [3.8, 4) is 17.4 Å². The van der Waals surface area contributed by atoms with Gasteiger partial charge in [-0.3, -0.25) is 0 Å². The van der Waals surface area contributed by atoms with Crippen molar-refractivity contribution in [3.05, 3.63) is 46.6 Å². The summed E-state index contributed by atoms with van der Waals surface area (Å²) in [5.74, 6) is -3.49. The van der Waals surface area contributed by atoms with Gasteiger partial charge in [0.15, 0.2) is 0 Å². The molecule has 0 bridgehead atoms. The minimum absolute atomic E-state index is 0.305. The van der Waals surface area contributed by atoms with E-state index < -0.39 is 46.3 Å². The molecule has 0 aliphatic heterocycles. The maximum Gasteiger partial charge on any atom is 0.573 e. The van der Waals surface area contributed by atoms with E-state index in [4.69, 9.17) is 21.4 Å². The normalized spacial score (nSPS) is 12.0. The third kappa shape index (κ3) is 4.91. The first-order valence-corrected chi connectivity index (χ1v) is 6.78. The molecule has 1 heterocycles. The molecular formula is C14H6ClF6NO4. The van der Waals surface area contributed by atoms with Crippen molar-refractivity contribution in [2.45, 2.75) is 12.5 Å². The number of aromatic nitrogens is 1. The molecule has 26 heavy (non-hydrogen) atoms. The van der Waals surface area contributed by atoms with Crippen LogP contribution in [0, 0.1) is 0 Å². The number of hydrogen-bond donors (Lipinski definition) is 1. The van der Waals surface area contributed by atoms with Gasteiger partial charge < -0.3 is 14.6 Å². The van der Waals surface area contributed by atoms with Crippen molar-refractivity contribution in [1.82, 2.24) is 4.98 Å². The number of carboxylic acid groups (broad SMARTS) is 1. The van der Waals surface area contributed by atoms with Gasteiger partial charge in [-0.05, 0) is 18.2 Å². The third-order valence-electron chi connectivity index (χ3n) is 2.75. The van der Waals surface area contributed by atoms with Crippen LogP contribution < -0.4 is 9.47 Å². The monoisotopic (exact) mass is 401 g/mol. The molecule has 2 rings (SSSR count). The van der Waals surface area contributed by atoms with Crippen LogP contribution in [0.4, 0.5) is 26.3 Å². The quantitative estimate of drug-likeness (QED) is 0.718. The Kier molecular flexibility index (Phi) is 5.21. The highest BCUT2D eigenvalue weighted by molar-refractivity contribution is 6.32. The van der Waals surface area contributed by atoms with Crippen molar-refractivity contribution < 1.29 is 45.7 Å². The van der Waals surface area contributed by atoms with Crippen LogP contribution in [0.2, 0.25) is 5.02 Å². The molecule has 1 aromatic carbocycles. The summed E-state index contributed by atoms with van der Waals surface area (Å²) in [6.07, 6.45) is -9.45. The lowest BCUT2D eigenvalue weighted by atomic mass is 10.2. The molecule has 5 nitrogen and oxygen atoms in total. The molecule has 0 unspecified atom stereocenters. The Morgan fingerprint density at radius 3 is 2.27 bits per heavy atom. The Balaban J connectivity index is 2.35. The molecular weight excluding hydrogens is 396 g/mol. The second-order valence-corrected chi connectivity index (χ2v) is 5.03. The lowest BCUT2D eigenvalue weighted by Gasteiger charge is -2.13. The molecule has 2 aromatic rings. The lowest BCUT2D eigenvalue weighted by molar-refractivity contribution is -0.274. The average Bonchev–Trinajstić information content (AvgIpc) is 2.47. The van der Waals surface area contributed by atoms with Crippen LogP contribution in [-0.4, -0.2) is 22.4 Å². The van der Waals surface area contributed by atoms with Crippen LogP contribution in [0.25, 0.3) is 0 Å². The standard InChI is InChI=1S/C14H6ClF6NO4/c15-9-4-7(26-14(19,20)21)1-2-10(9)25-11-8(12(23)24)3-6(5-22-11)13(16,17)18/h1-5H,(H,23,24). The summed E-state index contributed by atoms with van der Waals surface area (Å²) in [6, 6.07) is 2.77. The van der Waals surface area contributed by atoms with E-state index in [1.54, 1.807) is 0 Å². The predicted octanol–water partition coefficient (Wildman–Crippen LogP) is 5.14. The van der Waals surface area contributed by atoms with Crippen LogP contribution in [0.5, 0.6) is 17.4 Å². The Bertz CT molecular complexity index is 837. The number of ether oxygens (including phenoxy) is 2. The second-order valence-electron chi connectivity index (χ2n) is 4.62. The number of halogens is 7. The molecule has 0 fully saturated rings. The highest BCUT2D eigenvalue weighted by Gasteiger charge is 2.33. The molecule has 0 saturated heterocycles. The number of rotatable bonds is 4. The molecule has 0 aliphatic carbocycles. The van der Waals surface area contributed by atoms with Gasteiger partial charge in [-0.15, -0.1) is 13.2 Å². The summed E-state index contributed by atoms with van der Waals surface area (Å²) in [7, 11) is 0. The molecule has 140 valence electrons. The Morgan fingerprint density at radius 1 is 1.12 bits per heavy atom. The number of carboxylic acids is 1. The van der Waals surface area contributed by atoms with E-state index in [-0.39, 0.29) is 5.75 Å². The van der Waals surface area contributed by atoms with Crippen molar-refractivity contribution in [2.24, 2.45) is 0 Å². The predicted molar refractivity (Wildman–Crippen MR) is 74.4 cm³/mol. The Morgan fingerprint density at radius 2 is 1.77 bits per heavy atom. The van der Waals surface area contributed by atoms with Gasteiger partial charge in [0.25, 0.3) is 0 Å². The van der Waals surface area contributed by atoms with Crippen LogP contribution in [-0.2, 0) is 6.18 Å². The van der Waals surface area contributed by atoms with E-state index in [1.165, 1.54) is 0 Å². The minimum Gasteiger partial charge on any atom is -0.477 e. The first-order chi connectivity index (χ1) is 11.9. The van der Waals surface area contributed by atoms with Crippen molar-refractivity contribution in [3.63, 3.8) is 0 Å². The summed E-state index contributed by atoms with van der Waals surface area (Å²) in [4.78, 5) is 14.4. The summed E-state index contributed by atoms with van der Waals surface area (Å²) in [5, 5.41) is 8.60. The molecule has 1 N–H and O–H groups in total. The molecule has 0 amide bonds. The molecule has 0 atom stereocenters. The molecule has 0 aliphatic rings. The van der Waals surface area contributed by atoms with E-state index in [0.717, 1.165) is 18.2 Å². The van der Waals surface area contributed by atoms with Gasteiger partial charge >= 0.3 is 18.5 Å². The summed E-state index contributed by atoms with van der Waals surface area (Å²) < 4.78 is 83.0. The van der Waals surface area contributed by atoms with Gasteiger partial charge in [-0.1, -0.05) is 11.6 Å². The summed E-state index contributed by atoms with van der Waals surface area (Å²) in [6.45, 7) is 0. The number of pyridine rings is 1. The zero-order chi connectivity index (χ0) is 19.7. The van der Waals surface area contributed by atoms with Gasteiger partial charge in [0.2, 0.25) is 5.88 Å². The van der Waals surface area contributed by atoms with Gasteiger partial charge in [0.1, 0.15) is 17.1 Å². The minimum atomic E-state index is -4.96. The molecule has 12 heteroatoms. The molecule has 1 aromatic heterocycles. The van der Waals surface area contributed by atoms with Crippen molar-refractivity contribution in [2.75, 3.05) is 0 Å². The fourth-order valence-corrected chi connectivity index (χ4v) is 1.92. The number of nitrogens with zero attached hydrogens (tertiary/aromatic N) is 1. The van der Waals surface area contributed by atoms with Crippen molar-refractivity contribution >= 4 is 17.6 Å². The first-order valence-electron chi connectivity index (χ1n) is 6.40. The SMILES string of the molecule is O=C(O)c1cc(C(F)(F)F)cnc1Oc1ccc(OC(F)(F)F)cc1Cl. The van der Waals surface area contributed by atoms with E-state index in [0.29, 0.717) is 12.3 Å². The fourth-order valence-electron chi connectivity index (χ4n) is 1.71. The van der Waals surface area contributed by atoms with Crippen LogP contribution in [0.15, 0.2) is 30.5 Å². The van der Waals surface area contributed by atoms with Gasteiger partial charge in [-0.2, -0.15) is 13.2 Å². The third-order valence-corrected chi connectivity index (χ3v) is 3.05. The summed E-state index contributed by atoms with van der Waals surface area (Å²) >= 11 is 5.72. The van der Waals surface area contributed by atoms with E-state index in [9.17, 15) is 31.1 Å². The molecule has 0 radical (unpaired) electrons. The van der Waals surface area contributed by atoms with E-state index in [2.05, 4.69) is 9.72 Å². The zero-order valence-corrected chi connectivity index (χ0v) is 12.9. The number of benzene rings is 1. The van der Waals surface area contributed by atoms with E-state index in [1.807, 2.05) is 0 Å². The number of alkyl halides is 6. The van der Waals surface area contributed by atoms with Gasteiger partial charge in [0.05, 0.1) is 10.6 Å². The first kappa shape index (κ1) is 19.6. The number of carbonyl (C=O) groups is 1. The maximum atomic E-state index is 12.6. The van der Waals surface area contributed by atoms with Crippen LogP contribution >= 0.6 is 11.6 Å². The molecule has 0 spiro atoms. The number of aromatic carboxylic acids is 1. The van der Waals surface area contributed by atoms with Crippen LogP contribution in [0.3, 0.4) is 0 Å². The van der Waals surface area contributed by atoms with Gasteiger partial charge in [-0.25, -0.2) is 9.78 Å². The maximum absolute atomic E-state index is 12.6. The smallest absolute Gasteiger partial charge is 0.477 e. The summed E-state index contributed by atoms with van der Waals surface area (Å²) in [5.41, 5.74) is -2.23. The highest BCUT2D eigenvalue weighted by Crippen LogP contribution is 2.36. The highest BCUT2D eigenvalue weighted by atomic mass is 35.5. The Hall–Kier alpha value is -2.69. The van der Waals surface area contributed by atoms with Crippen molar-refractivity contribution in [1.29, 1.82) is 0 Å². The fraction of sp³-hybridized carbons (Fsp3) is 0.143. The largest absolute Gasteiger partial charge is 0.573 e. The Labute approximate surface area is 145 Å². The van der Waals surface area contributed by atoms with Crippen LogP contribution in [0.1, 0.15) is 15.9 Å². The zero-order valence-electron chi connectivity index (χ0n) is 12.2. The van der Waals surface area contributed by atoms with E-state index >= 15 is 0 Å². The molecule has 0 saturated carbocycles.